The highest BCUT2D eigenvalue weighted by atomic mass is 32.1. The van der Waals surface area contributed by atoms with E-state index in [1.165, 1.54) is 84.4 Å². The highest BCUT2D eigenvalue weighted by molar-refractivity contribution is 7.26. The van der Waals surface area contributed by atoms with Crippen molar-refractivity contribution < 1.29 is 4.42 Å². The SMILES string of the molecule is c1ccc(-n2c3ccccc3c3ccccc32)c(-c2ccc(N(c3ccc(-c4cccc5c4oc4ccccc45)cc3)c3ccc(-c4cccc5sc6ccccc6c45)cc3)c3c2sc2ccccc23)c1. The molecule has 0 aliphatic carbocycles. The number of benzene rings is 11. The zero-order chi connectivity index (χ0) is 46.6. The number of hydrogen-bond donors (Lipinski definition) is 0. The molecular weight excluding hydrogens is 901 g/mol. The van der Waals surface area contributed by atoms with E-state index >= 15 is 0 Å². The highest BCUT2D eigenvalue weighted by Crippen LogP contribution is 2.50. The molecule has 0 spiro atoms. The average Bonchev–Trinajstić information content (AvgIpc) is 4.21. The molecule has 0 unspecified atom stereocenters. The van der Waals surface area contributed by atoms with Gasteiger partial charge in [-0.1, -0.05) is 170 Å². The summed E-state index contributed by atoms with van der Waals surface area (Å²) >= 11 is 3.74. The van der Waals surface area contributed by atoms with Crippen LogP contribution >= 0.6 is 22.7 Å². The maximum absolute atomic E-state index is 6.54. The van der Waals surface area contributed by atoms with Gasteiger partial charge in [0.2, 0.25) is 0 Å². The third kappa shape index (κ3) is 6.20. The van der Waals surface area contributed by atoms with Gasteiger partial charge in [0.25, 0.3) is 0 Å². The van der Waals surface area contributed by atoms with Crippen LogP contribution in [0.15, 0.2) is 247 Å². The second-order valence-corrected chi connectivity index (χ2v) is 20.4. The lowest BCUT2D eigenvalue weighted by molar-refractivity contribution is 0.670. The van der Waals surface area contributed by atoms with Gasteiger partial charge in [0.05, 0.1) is 22.4 Å². The largest absolute Gasteiger partial charge is 0.455 e. The Morgan fingerprint density at radius 2 is 0.859 bits per heavy atom. The Hall–Kier alpha value is -8.74. The number of aromatic nitrogens is 1. The first kappa shape index (κ1) is 40.2. The van der Waals surface area contributed by atoms with Crippen molar-refractivity contribution in [2.45, 2.75) is 0 Å². The molecule has 0 N–H and O–H groups in total. The Bertz CT molecular complexity index is 4540. The number of anilines is 3. The van der Waals surface area contributed by atoms with Crippen molar-refractivity contribution >= 4 is 124 Å². The quantitative estimate of drug-likeness (QED) is 0.159. The number of thiophene rings is 2. The first-order chi connectivity index (χ1) is 35.2. The molecule has 15 aromatic rings. The van der Waals surface area contributed by atoms with Gasteiger partial charge in [-0.05, 0) is 89.5 Å². The lowest BCUT2D eigenvalue weighted by Gasteiger charge is -2.27. The van der Waals surface area contributed by atoms with Crippen LogP contribution in [0.4, 0.5) is 17.1 Å². The van der Waals surface area contributed by atoms with E-state index in [1.807, 2.05) is 28.7 Å². The summed E-state index contributed by atoms with van der Waals surface area (Å²) in [6.45, 7) is 0. The van der Waals surface area contributed by atoms with E-state index in [1.54, 1.807) is 0 Å². The molecule has 15 rings (SSSR count). The van der Waals surface area contributed by atoms with Gasteiger partial charge in [0.15, 0.2) is 0 Å². The van der Waals surface area contributed by atoms with Crippen LogP contribution < -0.4 is 4.90 Å². The van der Waals surface area contributed by atoms with Crippen LogP contribution in [0, 0.1) is 0 Å². The Labute approximate surface area is 416 Å². The Kier molecular flexibility index (Phi) is 9.00. The molecule has 4 heterocycles. The molecule has 0 aliphatic rings. The van der Waals surface area contributed by atoms with Crippen molar-refractivity contribution in [3.63, 3.8) is 0 Å². The Balaban J connectivity index is 0.938. The summed E-state index contributed by atoms with van der Waals surface area (Å²) in [5.41, 5.74) is 15.7. The minimum atomic E-state index is 0.901. The van der Waals surface area contributed by atoms with E-state index in [0.717, 1.165) is 55.8 Å². The molecule has 4 aromatic heterocycles. The molecule has 0 radical (unpaired) electrons. The van der Waals surface area contributed by atoms with Gasteiger partial charge in [-0.15, -0.1) is 22.7 Å². The first-order valence-corrected chi connectivity index (χ1v) is 25.7. The maximum atomic E-state index is 6.54. The molecule has 71 heavy (non-hydrogen) atoms. The topological polar surface area (TPSA) is 21.3 Å². The van der Waals surface area contributed by atoms with Crippen LogP contribution in [0.5, 0.6) is 0 Å². The highest BCUT2D eigenvalue weighted by Gasteiger charge is 2.24. The van der Waals surface area contributed by atoms with Crippen molar-refractivity contribution in [3.8, 4) is 39.1 Å². The molecule has 5 heteroatoms. The Morgan fingerprint density at radius 1 is 0.338 bits per heavy atom. The van der Waals surface area contributed by atoms with Crippen LogP contribution in [-0.4, -0.2) is 4.57 Å². The molecule has 3 nitrogen and oxygen atoms in total. The average molecular weight is 941 g/mol. The van der Waals surface area contributed by atoms with E-state index in [-0.39, 0.29) is 0 Å². The molecule has 332 valence electrons. The second kappa shape index (κ2) is 15.9. The van der Waals surface area contributed by atoms with Crippen LogP contribution in [0.25, 0.3) is 123 Å². The maximum Gasteiger partial charge on any atom is 0.143 e. The fourth-order valence-corrected chi connectivity index (χ4v) is 13.7. The van der Waals surface area contributed by atoms with E-state index in [0.29, 0.717) is 0 Å². The van der Waals surface area contributed by atoms with Crippen LogP contribution in [0.1, 0.15) is 0 Å². The van der Waals surface area contributed by atoms with E-state index in [2.05, 4.69) is 246 Å². The fraction of sp³-hybridized carbons (Fsp3) is 0. The van der Waals surface area contributed by atoms with Crippen molar-refractivity contribution in [2.75, 3.05) is 4.90 Å². The zero-order valence-electron chi connectivity index (χ0n) is 38.2. The van der Waals surface area contributed by atoms with Crippen molar-refractivity contribution in [1.82, 2.24) is 4.57 Å². The molecule has 0 saturated heterocycles. The van der Waals surface area contributed by atoms with E-state index < -0.39 is 0 Å². The molecular formula is C66H40N2OS2. The van der Waals surface area contributed by atoms with E-state index in [9.17, 15) is 0 Å². The van der Waals surface area contributed by atoms with Gasteiger partial charge in [-0.3, -0.25) is 0 Å². The molecule has 0 amide bonds. The number of rotatable bonds is 7. The predicted octanol–water partition coefficient (Wildman–Crippen LogP) is 19.9. The summed E-state index contributed by atoms with van der Waals surface area (Å²) in [5, 5.41) is 9.85. The second-order valence-electron chi connectivity index (χ2n) is 18.3. The standard InChI is InChI=1S/C66H40N2OS2/c1-7-24-55-47(15-1)48-16-2-8-25-56(48)68(55)57-26-9-3-17-49(57)52-39-40-58(64-54-20-6-12-29-61(54)71-66(52)64)67(43-35-31-41(32-36-43)45-21-14-30-62-63(45)53-19-5-11-28-60(53)70-62)44-37-33-42(34-38-44)46-22-13-23-51-50-18-4-10-27-59(50)69-65(46)51/h1-40H. The number of para-hydroxylation sites is 5. The van der Waals surface area contributed by atoms with Crippen molar-refractivity contribution in [2.24, 2.45) is 0 Å². The van der Waals surface area contributed by atoms with E-state index in [4.69, 9.17) is 4.42 Å². The molecule has 0 saturated carbocycles. The Morgan fingerprint density at radius 3 is 1.59 bits per heavy atom. The number of fused-ring (bicyclic) bond motifs is 12. The number of nitrogens with zero attached hydrogens (tertiary/aromatic N) is 2. The van der Waals surface area contributed by atoms with Crippen molar-refractivity contribution in [1.29, 1.82) is 0 Å². The third-order valence-electron chi connectivity index (χ3n) is 14.4. The minimum absolute atomic E-state index is 0.901. The molecule has 0 atom stereocenters. The fourth-order valence-electron chi connectivity index (χ4n) is 11.3. The van der Waals surface area contributed by atoms with Gasteiger partial charge >= 0.3 is 0 Å². The van der Waals surface area contributed by atoms with Crippen molar-refractivity contribution in [3.05, 3.63) is 243 Å². The number of hydrogen-bond acceptors (Lipinski definition) is 4. The summed E-state index contributed by atoms with van der Waals surface area (Å²) in [4.78, 5) is 2.46. The molecule has 0 fully saturated rings. The zero-order valence-corrected chi connectivity index (χ0v) is 39.8. The predicted molar refractivity (Wildman–Crippen MR) is 305 cm³/mol. The lowest BCUT2D eigenvalue weighted by Crippen LogP contribution is -2.10. The smallest absolute Gasteiger partial charge is 0.143 e. The summed E-state index contributed by atoms with van der Waals surface area (Å²) in [5.74, 6) is 0. The lowest BCUT2D eigenvalue weighted by atomic mass is 9.97. The molecule has 0 bridgehead atoms. The normalized spacial score (nSPS) is 11.9. The van der Waals surface area contributed by atoms with Gasteiger partial charge in [-0.25, -0.2) is 0 Å². The summed E-state index contributed by atoms with van der Waals surface area (Å²) < 4.78 is 14.1. The first-order valence-electron chi connectivity index (χ1n) is 24.1. The van der Waals surface area contributed by atoms with Gasteiger partial charge < -0.3 is 13.9 Å². The van der Waals surface area contributed by atoms with Gasteiger partial charge in [-0.2, -0.15) is 0 Å². The van der Waals surface area contributed by atoms with Crippen LogP contribution in [0.2, 0.25) is 0 Å². The van der Waals surface area contributed by atoms with Gasteiger partial charge in [0.1, 0.15) is 11.2 Å². The molecule has 11 aromatic carbocycles. The summed E-state index contributed by atoms with van der Waals surface area (Å²) in [7, 11) is 0. The molecule has 0 aliphatic heterocycles. The summed E-state index contributed by atoms with van der Waals surface area (Å²) in [6.07, 6.45) is 0. The monoisotopic (exact) mass is 940 g/mol. The van der Waals surface area contributed by atoms with Crippen LogP contribution in [0.3, 0.4) is 0 Å². The summed E-state index contributed by atoms with van der Waals surface area (Å²) in [6, 6.07) is 88.7. The van der Waals surface area contributed by atoms with Crippen LogP contribution in [-0.2, 0) is 0 Å². The number of furan rings is 1. The minimum Gasteiger partial charge on any atom is -0.455 e. The third-order valence-corrected chi connectivity index (χ3v) is 16.8. The van der Waals surface area contributed by atoms with Gasteiger partial charge in [0, 0.05) is 90.0 Å².